The second kappa shape index (κ2) is 7.48. The first-order chi connectivity index (χ1) is 9.01. The lowest BCUT2D eigenvalue weighted by molar-refractivity contribution is -0.147. The largest absolute Gasteiger partial charge is 0.469 e. The minimum absolute atomic E-state index is 0.0218. The highest BCUT2D eigenvalue weighted by molar-refractivity contribution is 5.80. The SMILES string of the molecule is COC(=O)C(C)CN(C)C(=O)C1CCCCC1CN. The van der Waals surface area contributed by atoms with Gasteiger partial charge in [-0.3, -0.25) is 9.59 Å². The molecule has 1 saturated carbocycles. The molecule has 1 rings (SSSR count). The molecule has 0 radical (unpaired) electrons. The highest BCUT2D eigenvalue weighted by Crippen LogP contribution is 2.30. The summed E-state index contributed by atoms with van der Waals surface area (Å²) in [6.07, 6.45) is 4.20. The minimum Gasteiger partial charge on any atom is -0.469 e. The van der Waals surface area contributed by atoms with Gasteiger partial charge in [0.2, 0.25) is 5.91 Å². The summed E-state index contributed by atoms with van der Waals surface area (Å²) in [7, 11) is 3.12. The molecule has 19 heavy (non-hydrogen) atoms. The van der Waals surface area contributed by atoms with Gasteiger partial charge in [0.05, 0.1) is 13.0 Å². The van der Waals surface area contributed by atoms with Crippen LogP contribution in [0.3, 0.4) is 0 Å². The predicted octanol–water partition coefficient (Wildman–Crippen LogP) is 1.02. The molecule has 1 aliphatic carbocycles. The van der Waals surface area contributed by atoms with Crippen molar-refractivity contribution in [1.82, 2.24) is 4.90 Å². The fraction of sp³-hybridized carbons (Fsp3) is 0.857. The number of hydrogen-bond acceptors (Lipinski definition) is 4. The van der Waals surface area contributed by atoms with E-state index in [1.54, 1.807) is 18.9 Å². The highest BCUT2D eigenvalue weighted by Gasteiger charge is 2.32. The van der Waals surface area contributed by atoms with Gasteiger partial charge in [0, 0.05) is 19.5 Å². The second-order valence-electron chi connectivity index (χ2n) is 5.53. The van der Waals surface area contributed by atoms with Crippen LogP contribution in [0.15, 0.2) is 0 Å². The monoisotopic (exact) mass is 270 g/mol. The maximum Gasteiger partial charge on any atom is 0.310 e. The van der Waals surface area contributed by atoms with Crippen LogP contribution < -0.4 is 5.73 Å². The van der Waals surface area contributed by atoms with E-state index in [-0.39, 0.29) is 29.6 Å². The molecule has 0 bridgehead atoms. The van der Waals surface area contributed by atoms with Crippen molar-refractivity contribution in [2.45, 2.75) is 32.6 Å². The average Bonchev–Trinajstić information content (AvgIpc) is 2.45. The van der Waals surface area contributed by atoms with E-state index in [9.17, 15) is 9.59 Å². The van der Waals surface area contributed by atoms with E-state index < -0.39 is 0 Å². The Morgan fingerprint density at radius 1 is 1.37 bits per heavy atom. The summed E-state index contributed by atoms with van der Waals surface area (Å²) in [6, 6.07) is 0. The van der Waals surface area contributed by atoms with Crippen molar-refractivity contribution < 1.29 is 14.3 Å². The highest BCUT2D eigenvalue weighted by atomic mass is 16.5. The Labute approximate surface area is 115 Å². The quantitative estimate of drug-likeness (QED) is 0.757. The number of nitrogens with two attached hydrogens (primary N) is 1. The molecular formula is C14H26N2O3. The van der Waals surface area contributed by atoms with Crippen LogP contribution in [0.4, 0.5) is 0 Å². The van der Waals surface area contributed by atoms with Crippen molar-refractivity contribution in [3.63, 3.8) is 0 Å². The number of methoxy groups -OCH3 is 1. The second-order valence-corrected chi connectivity index (χ2v) is 5.53. The Kier molecular flexibility index (Phi) is 6.28. The lowest BCUT2D eigenvalue weighted by Crippen LogP contribution is -2.42. The van der Waals surface area contributed by atoms with Gasteiger partial charge in [0.1, 0.15) is 0 Å². The van der Waals surface area contributed by atoms with Crippen LogP contribution in [0.25, 0.3) is 0 Å². The number of carbonyl (C=O) groups excluding carboxylic acids is 2. The topological polar surface area (TPSA) is 72.6 Å². The molecule has 0 saturated heterocycles. The van der Waals surface area contributed by atoms with Gasteiger partial charge in [-0.15, -0.1) is 0 Å². The normalized spacial score (nSPS) is 24.6. The molecule has 1 fully saturated rings. The molecule has 3 atom stereocenters. The summed E-state index contributed by atoms with van der Waals surface area (Å²) in [4.78, 5) is 25.5. The Morgan fingerprint density at radius 3 is 2.58 bits per heavy atom. The number of carbonyl (C=O) groups is 2. The minimum atomic E-state index is -0.293. The summed E-state index contributed by atoms with van der Waals surface area (Å²) >= 11 is 0. The zero-order chi connectivity index (χ0) is 14.4. The fourth-order valence-electron chi connectivity index (χ4n) is 2.87. The standard InChI is InChI=1S/C14H26N2O3/c1-10(14(18)19-3)9-16(2)13(17)12-7-5-4-6-11(12)8-15/h10-12H,4-9,15H2,1-3H3. The van der Waals surface area contributed by atoms with Crippen LogP contribution in [0.1, 0.15) is 32.6 Å². The molecule has 0 aliphatic heterocycles. The Balaban J connectivity index is 2.57. The third kappa shape index (κ3) is 4.20. The van der Waals surface area contributed by atoms with Crippen LogP contribution >= 0.6 is 0 Å². The van der Waals surface area contributed by atoms with Gasteiger partial charge in [-0.1, -0.05) is 19.8 Å². The van der Waals surface area contributed by atoms with Crippen LogP contribution in [0.5, 0.6) is 0 Å². The number of ether oxygens (including phenoxy) is 1. The molecule has 1 aliphatic rings. The van der Waals surface area contributed by atoms with Crippen LogP contribution in [0, 0.1) is 17.8 Å². The van der Waals surface area contributed by atoms with E-state index in [4.69, 9.17) is 5.73 Å². The van der Waals surface area contributed by atoms with E-state index in [0.29, 0.717) is 13.1 Å². The first kappa shape index (κ1) is 16.0. The van der Waals surface area contributed by atoms with Gasteiger partial charge >= 0.3 is 5.97 Å². The van der Waals surface area contributed by atoms with Crippen LogP contribution in [-0.2, 0) is 14.3 Å². The van der Waals surface area contributed by atoms with E-state index in [2.05, 4.69) is 4.74 Å². The molecule has 0 heterocycles. The lowest BCUT2D eigenvalue weighted by atomic mass is 9.78. The molecule has 3 unspecified atom stereocenters. The van der Waals surface area contributed by atoms with Crippen molar-refractivity contribution >= 4 is 11.9 Å². The zero-order valence-electron chi connectivity index (χ0n) is 12.2. The van der Waals surface area contributed by atoms with E-state index in [1.165, 1.54) is 7.11 Å². The first-order valence-corrected chi connectivity index (χ1v) is 7.04. The van der Waals surface area contributed by atoms with Crippen molar-refractivity contribution in [2.75, 3.05) is 27.2 Å². The summed E-state index contributed by atoms with van der Waals surface area (Å²) in [5.74, 6) is -0.144. The molecule has 110 valence electrons. The first-order valence-electron chi connectivity index (χ1n) is 7.04. The molecule has 0 aromatic carbocycles. The fourth-order valence-corrected chi connectivity index (χ4v) is 2.87. The molecular weight excluding hydrogens is 244 g/mol. The van der Waals surface area contributed by atoms with E-state index in [0.717, 1.165) is 25.7 Å². The summed E-state index contributed by atoms with van der Waals surface area (Å²) in [6.45, 7) is 2.74. The van der Waals surface area contributed by atoms with Gasteiger partial charge in [-0.25, -0.2) is 0 Å². The van der Waals surface area contributed by atoms with Crippen molar-refractivity contribution in [3.05, 3.63) is 0 Å². The van der Waals surface area contributed by atoms with Gasteiger partial charge in [0.15, 0.2) is 0 Å². The number of nitrogens with zero attached hydrogens (tertiary/aromatic N) is 1. The summed E-state index contributed by atoms with van der Waals surface area (Å²) < 4.78 is 4.68. The van der Waals surface area contributed by atoms with Crippen molar-refractivity contribution in [2.24, 2.45) is 23.5 Å². The van der Waals surface area contributed by atoms with Crippen molar-refractivity contribution in [1.29, 1.82) is 0 Å². The zero-order valence-corrected chi connectivity index (χ0v) is 12.2. The maximum absolute atomic E-state index is 12.4. The third-order valence-corrected chi connectivity index (χ3v) is 4.06. The molecule has 2 N–H and O–H groups in total. The molecule has 5 nitrogen and oxygen atoms in total. The van der Waals surface area contributed by atoms with Gasteiger partial charge in [-0.2, -0.15) is 0 Å². The number of amides is 1. The smallest absolute Gasteiger partial charge is 0.310 e. The van der Waals surface area contributed by atoms with Crippen molar-refractivity contribution in [3.8, 4) is 0 Å². The number of hydrogen-bond donors (Lipinski definition) is 1. The number of esters is 1. The molecule has 5 heteroatoms. The third-order valence-electron chi connectivity index (χ3n) is 4.06. The van der Waals surface area contributed by atoms with Gasteiger partial charge < -0.3 is 15.4 Å². The van der Waals surface area contributed by atoms with E-state index >= 15 is 0 Å². The van der Waals surface area contributed by atoms with Gasteiger partial charge in [-0.05, 0) is 25.3 Å². The van der Waals surface area contributed by atoms with Crippen LogP contribution in [0.2, 0.25) is 0 Å². The summed E-state index contributed by atoms with van der Waals surface area (Å²) in [5.41, 5.74) is 5.76. The molecule has 0 aromatic rings. The Morgan fingerprint density at radius 2 is 2.00 bits per heavy atom. The Bertz CT molecular complexity index is 320. The summed E-state index contributed by atoms with van der Waals surface area (Å²) in [5, 5.41) is 0. The lowest BCUT2D eigenvalue weighted by Gasteiger charge is -2.33. The average molecular weight is 270 g/mol. The molecule has 0 spiro atoms. The van der Waals surface area contributed by atoms with Crippen LogP contribution in [-0.4, -0.2) is 44.0 Å². The predicted molar refractivity (Wildman–Crippen MR) is 73.3 cm³/mol. The molecule has 1 amide bonds. The van der Waals surface area contributed by atoms with Gasteiger partial charge in [0.25, 0.3) is 0 Å². The maximum atomic E-state index is 12.4. The number of rotatable bonds is 5. The molecule has 0 aromatic heterocycles. The Hall–Kier alpha value is -1.10. The van der Waals surface area contributed by atoms with E-state index in [1.807, 2.05) is 0 Å².